The van der Waals surface area contributed by atoms with Crippen LogP contribution >= 0.6 is 0 Å². The van der Waals surface area contributed by atoms with E-state index in [2.05, 4.69) is 0 Å². The summed E-state index contributed by atoms with van der Waals surface area (Å²) in [6, 6.07) is 7.92. The summed E-state index contributed by atoms with van der Waals surface area (Å²) in [6.07, 6.45) is -0.00687. The Morgan fingerprint density at radius 2 is 2.12 bits per heavy atom. The average molecular weight is 235 g/mol. The Balaban J connectivity index is 2.41. The van der Waals surface area contributed by atoms with Crippen LogP contribution in [0.15, 0.2) is 24.3 Å². The normalized spacial score (nSPS) is 11.9. The van der Waals surface area contributed by atoms with Crippen molar-refractivity contribution in [3.8, 4) is 0 Å². The lowest BCUT2D eigenvalue weighted by Crippen LogP contribution is -2.30. The number of hydrogen-bond acceptors (Lipinski definition) is 3. The van der Waals surface area contributed by atoms with Crippen LogP contribution in [0.3, 0.4) is 0 Å². The Morgan fingerprint density at radius 1 is 1.41 bits per heavy atom. The van der Waals surface area contributed by atoms with Gasteiger partial charge in [-0.3, -0.25) is 9.59 Å². The second kappa shape index (κ2) is 6.03. The van der Waals surface area contributed by atoms with Crippen molar-refractivity contribution in [2.75, 3.05) is 0 Å². The van der Waals surface area contributed by atoms with Crippen LogP contribution in [0.4, 0.5) is 0 Å². The first kappa shape index (κ1) is 13.2. The van der Waals surface area contributed by atoms with Crippen LogP contribution in [-0.2, 0) is 20.7 Å². The number of amides is 1. The van der Waals surface area contributed by atoms with E-state index in [0.717, 1.165) is 11.1 Å². The quantitative estimate of drug-likeness (QED) is 0.783. The molecule has 0 aliphatic carbocycles. The number of nitrogens with two attached hydrogens (primary N) is 1. The van der Waals surface area contributed by atoms with Crippen molar-refractivity contribution in [2.24, 2.45) is 5.73 Å². The van der Waals surface area contributed by atoms with E-state index in [1.807, 2.05) is 31.2 Å². The Bertz CT molecular complexity index is 415. The lowest BCUT2D eigenvalue weighted by atomic mass is 10.1. The predicted octanol–water partition coefficient (Wildman–Crippen LogP) is 1.34. The van der Waals surface area contributed by atoms with E-state index in [0.29, 0.717) is 6.42 Å². The first-order valence-electron chi connectivity index (χ1n) is 5.53. The molecule has 92 valence electrons. The maximum Gasteiger partial charge on any atom is 0.306 e. The van der Waals surface area contributed by atoms with E-state index in [-0.39, 0.29) is 6.42 Å². The highest BCUT2D eigenvalue weighted by molar-refractivity contribution is 5.81. The van der Waals surface area contributed by atoms with Gasteiger partial charge in [-0.25, -0.2) is 0 Å². The molecular weight excluding hydrogens is 218 g/mol. The van der Waals surface area contributed by atoms with Crippen LogP contribution in [0.1, 0.15) is 24.5 Å². The molecule has 1 rings (SSSR count). The van der Waals surface area contributed by atoms with E-state index >= 15 is 0 Å². The molecule has 0 aliphatic heterocycles. The maximum absolute atomic E-state index is 11.4. The summed E-state index contributed by atoms with van der Waals surface area (Å²) >= 11 is 0. The van der Waals surface area contributed by atoms with Crippen LogP contribution < -0.4 is 5.73 Å². The van der Waals surface area contributed by atoms with E-state index in [9.17, 15) is 9.59 Å². The maximum atomic E-state index is 11.4. The lowest BCUT2D eigenvalue weighted by Gasteiger charge is -2.09. The summed E-state index contributed by atoms with van der Waals surface area (Å²) in [6.45, 7) is 3.46. The van der Waals surface area contributed by atoms with Crippen LogP contribution in [0.2, 0.25) is 0 Å². The van der Waals surface area contributed by atoms with Crippen LogP contribution in [0, 0.1) is 6.92 Å². The molecule has 0 fully saturated rings. The molecule has 0 aliphatic rings. The van der Waals surface area contributed by atoms with Gasteiger partial charge in [0.1, 0.15) is 0 Å². The van der Waals surface area contributed by atoms with E-state index < -0.39 is 18.0 Å². The zero-order chi connectivity index (χ0) is 12.8. The monoisotopic (exact) mass is 235 g/mol. The molecule has 0 bridgehead atoms. The first-order chi connectivity index (χ1) is 7.99. The molecule has 0 unspecified atom stereocenters. The molecule has 1 aromatic rings. The van der Waals surface area contributed by atoms with E-state index in [4.69, 9.17) is 10.5 Å². The third kappa shape index (κ3) is 4.68. The van der Waals surface area contributed by atoms with Gasteiger partial charge in [-0.05, 0) is 25.8 Å². The van der Waals surface area contributed by atoms with Gasteiger partial charge in [-0.1, -0.05) is 29.8 Å². The first-order valence-corrected chi connectivity index (χ1v) is 5.53. The molecule has 0 saturated carbocycles. The third-order valence-corrected chi connectivity index (χ3v) is 2.41. The van der Waals surface area contributed by atoms with Gasteiger partial charge >= 0.3 is 5.97 Å². The Kier molecular flexibility index (Phi) is 4.69. The van der Waals surface area contributed by atoms with Gasteiger partial charge in [0, 0.05) is 6.42 Å². The van der Waals surface area contributed by atoms with Crippen LogP contribution in [0.25, 0.3) is 0 Å². The Morgan fingerprint density at radius 3 is 2.71 bits per heavy atom. The van der Waals surface area contributed by atoms with Gasteiger partial charge in [0.05, 0.1) is 0 Å². The standard InChI is InChI=1S/C13H17NO3/c1-9-4-3-5-11(8-9)6-7-12(15)17-10(2)13(14)16/h3-5,8,10H,6-7H2,1-2H3,(H2,14,16)/t10-/m0/s1. The number of carbonyl (C=O) groups is 2. The minimum absolute atomic E-state index is 0.251. The van der Waals surface area contributed by atoms with Crippen molar-refractivity contribution < 1.29 is 14.3 Å². The van der Waals surface area contributed by atoms with Crippen molar-refractivity contribution in [3.05, 3.63) is 35.4 Å². The number of esters is 1. The van der Waals surface area contributed by atoms with Gasteiger partial charge in [0.25, 0.3) is 5.91 Å². The summed E-state index contributed by atoms with van der Waals surface area (Å²) < 4.78 is 4.85. The van der Waals surface area contributed by atoms with Crippen molar-refractivity contribution in [2.45, 2.75) is 32.8 Å². The minimum atomic E-state index is -0.861. The van der Waals surface area contributed by atoms with E-state index in [1.54, 1.807) is 0 Å². The SMILES string of the molecule is Cc1cccc(CCC(=O)O[C@@H](C)C(N)=O)c1. The van der Waals surface area contributed by atoms with Gasteiger partial charge in [-0.2, -0.15) is 0 Å². The van der Waals surface area contributed by atoms with Crippen LogP contribution in [-0.4, -0.2) is 18.0 Å². The summed E-state index contributed by atoms with van der Waals surface area (Å²) in [4.78, 5) is 22.1. The van der Waals surface area contributed by atoms with Gasteiger partial charge in [-0.15, -0.1) is 0 Å². The molecule has 0 spiro atoms. The zero-order valence-electron chi connectivity index (χ0n) is 10.1. The Hall–Kier alpha value is -1.84. The molecule has 1 aromatic carbocycles. The molecule has 2 N–H and O–H groups in total. The molecule has 1 amide bonds. The number of hydrogen-bond donors (Lipinski definition) is 1. The highest BCUT2D eigenvalue weighted by Crippen LogP contribution is 2.07. The van der Waals surface area contributed by atoms with Gasteiger partial charge < -0.3 is 10.5 Å². The number of carbonyl (C=O) groups excluding carboxylic acids is 2. The molecule has 0 heterocycles. The summed E-state index contributed by atoms with van der Waals surface area (Å²) in [5.41, 5.74) is 7.23. The highest BCUT2D eigenvalue weighted by Gasteiger charge is 2.14. The second-order valence-corrected chi connectivity index (χ2v) is 4.02. The fourth-order valence-corrected chi connectivity index (χ4v) is 1.43. The molecule has 17 heavy (non-hydrogen) atoms. The fraction of sp³-hybridized carbons (Fsp3) is 0.385. The topological polar surface area (TPSA) is 69.4 Å². The molecule has 4 nitrogen and oxygen atoms in total. The smallest absolute Gasteiger partial charge is 0.306 e. The number of primary amides is 1. The van der Waals surface area contributed by atoms with Gasteiger partial charge in [0.2, 0.25) is 0 Å². The molecular formula is C13H17NO3. The van der Waals surface area contributed by atoms with Crippen molar-refractivity contribution in [3.63, 3.8) is 0 Å². The predicted molar refractivity (Wildman–Crippen MR) is 64.2 cm³/mol. The molecule has 0 aromatic heterocycles. The molecule has 4 heteroatoms. The number of aryl methyl sites for hydroxylation is 2. The molecule has 1 atom stereocenters. The van der Waals surface area contributed by atoms with Crippen molar-refractivity contribution in [1.29, 1.82) is 0 Å². The molecule has 0 saturated heterocycles. The highest BCUT2D eigenvalue weighted by atomic mass is 16.5. The zero-order valence-corrected chi connectivity index (χ0v) is 10.1. The minimum Gasteiger partial charge on any atom is -0.453 e. The van der Waals surface area contributed by atoms with Crippen LogP contribution in [0.5, 0.6) is 0 Å². The fourth-order valence-electron chi connectivity index (χ4n) is 1.43. The van der Waals surface area contributed by atoms with Crippen molar-refractivity contribution >= 4 is 11.9 Å². The Labute approximate surface area is 101 Å². The summed E-state index contributed by atoms with van der Waals surface area (Å²) in [7, 11) is 0. The third-order valence-electron chi connectivity index (χ3n) is 2.41. The second-order valence-electron chi connectivity index (χ2n) is 4.02. The van der Waals surface area contributed by atoms with E-state index in [1.165, 1.54) is 6.92 Å². The average Bonchev–Trinajstić information content (AvgIpc) is 2.26. The van der Waals surface area contributed by atoms with Gasteiger partial charge in [0.15, 0.2) is 6.10 Å². The number of rotatable bonds is 5. The van der Waals surface area contributed by atoms with Crippen molar-refractivity contribution in [1.82, 2.24) is 0 Å². The summed E-state index contributed by atoms with van der Waals surface area (Å²) in [5.74, 6) is -1.04. The number of benzene rings is 1. The number of ether oxygens (including phenoxy) is 1. The lowest BCUT2D eigenvalue weighted by molar-refractivity contribution is -0.153. The largest absolute Gasteiger partial charge is 0.453 e. The molecule has 0 radical (unpaired) electrons. The summed E-state index contributed by atoms with van der Waals surface area (Å²) in [5, 5.41) is 0.